The molecule has 1 saturated carbocycles. The van der Waals surface area contributed by atoms with Gasteiger partial charge >= 0.3 is 0 Å². The highest BCUT2D eigenvalue weighted by molar-refractivity contribution is 5.49. The molecule has 5 nitrogen and oxygen atoms in total. The van der Waals surface area contributed by atoms with Gasteiger partial charge < -0.3 is 10.7 Å². The minimum absolute atomic E-state index is 0.229. The monoisotopic (exact) mass is 193 g/mol. The molecule has 1 aliphatic carbocycles. The predicted molar refractivity (Wildman–Crippen MR) is 55.8 cm³/mol. The summed E-state index contributed by atoms with van der Waals surface area (Å²) >= 11 is 0. The summed E-state index contributed by atoms with van der Waals surface area (Å²) in [6.45, 7) is 4.03. The molecule has 0 aromatic carbocycles. The van der Waals surface area contributed by atoms with E-state index in [0.29, 0.717) is 11.6 Å². The van der Waals surface area contributed by atoms with Gasteiger partial charge in [0.1, 0.15) is 17.5 Å². The van der Waals surface area contributed by atoms with Crippen LogP contribution in [0.3, 0.4) is 0 Å². The topological polar surface area (TPSA) is 75.9 Å². The standard InChI is InChI=1S/C9H15N5/c1-6-11-7(5-8(12-6)14-10)13-9(2)3-4-9/h5H,3-4,10H2,1-2H3,(H2,11,12,13,14). The molecule has 0 saturated heterocycles. The molecule has 0 radical (unpaired) electrons. The maximum Gasteiger partial charge on any atom is 0.145 e. The predicted octanol–water partition coefficient (Wildman–Crippen LogP) is 1.04. The average Bonchev–Trinajstić information content (AvgIpc) is 2.82. The van der Waals surface area contributed by atoms with Gasteiger partial charge in [-0.3, -0.25) is 0 Å². The van der Waals surface area contributed by atoms with Crippen LogP contribution in [0.4, 0.5) is 11.6 Å². The molecular weight excluding hydrogens is 178 g/mol. The number of hydrazine groups is 1. The molecule has 0 aliphatic heterocycles. The number of aryl methyl sites for hydroxylation is 1. The van der Waals surface area contributed by atoms with E-state index < -0.39 is 0 Å². The number of nitrogen functional groups attached to an aromatic ring is 1. The Morgan fingerprint density at radius 2 is 2.00 bits per heavy atom. The zero-order chi connectivity index (χ0) is 10.2. The number of nitrogens with one attached hydrogen (secondary N) is 2. The highest BCUT2D eigenvalue weighted by Gasteiger charge is 2.37. The fourth-order valence-corrected chi connectivity index (χ4v) is 1.33. The molecule has 1 fully saturated rings. The lowest BCUT2D eigenvalue weighted by molar-refractivity contribution is 0.816. The highest BCUT2D eigenvalue weighted by Crippen LogP contribution is 2.37. The summed E-state index contributed by atoms with van der Waals surface area (Å²) in [5, 5.41) is 3.36. The minimum atomic E-state index is 0.229. The van der Waals surface area contributed by atoms with Crippen molar-refractivity contribution in [3.05, 3.63) is 11.9 Å². The van der Waals surface area contributed by atoms with E-state index in [1.54, 1.807) is 0 Å². The third-order valence-electron chi connectivity index (χ3n) is 2.42. The fraction of sp³-hybridized carbons (Fsp3) is 0.556. The van der Waals surface area contributed by atoms with Gasteiger partial charge in [0, 0.05) is 11.6 Å². The van der Waals surface area contributed by atoms with Crippen molar-refractivity contribution in [2.24, 2.45) is 5.84 Å². The molecule has 1 aromatic heterocycles. The summed E-state index contributed by atoms with van der Waals surface area (Å²) in [7, 11) is 0. The van der Waals surface area contributed by atoms with Crippen molar-refractivity contribution in [1.82, 2.24) is 9.97 Å². The van der Waals surface area contributed by atoms with Gasteiger partial charge in [-0.15, -0.1) is 0 Å². The second-order valence-electron chi connectivity index (χ2n) is 4.02. The second-order valence-corrected chi connectivity index (χ2v) is 4.02. The molecule has 2 rings (SSSR count). The van der Waals surface area contributed by atoms with Crippen LogP contribution < -0.4 is 16.6 Å². The SMILES string of the molecule is Cc1nc(NN)cc(NC2(C)CC2)n1. The number of anilines is 2. The van der Waals surface area contributed by atoms with Crippen molar-refractivity contribution >= 4 is 11.6 Å². The zero-order valence-corrected chi connectivity index (χ0v) is 8.46. The zero-order valence-electron chi connectivity index (χ0n) is 8.46. The lowest BCUT2D eigenvalue weighted by atomic mass is 10.3. The summed E-state index contributed by atoms with van der Waals surface area (Å²) in [5.41, 5.74) is 2.75. The maximum atomic E-state index is 5.30. The summed E-state index contributed by atoms with van der Waals surface area (Å²) < 4.78 is 0. The lowest BCUT2D eigenvalue weighted by Crippen LogP contribution is -2.18. The van der Waals surface area contributed by atoms with Crippen molar-refractivity contribution < 1.29 is 0 Å². The van der Waals surface area contributed by atoms with Crippen molar-refractivity contribution in [3.63, 3.8) is 0 Å². The molecule has 76 valence electrons. The quantitative estimate of drug-likeness (QED) is 0.494. The van der Waals surface area contributed by atoms with Gasteiger partial charge in [0.2, 0.25) is 0 Å². The molecule has 0 spiro atoms. The number of aromatic nitrogens is 2. The van der Waals surface area contributed by atoms with E-state index in [9.17, 15) is 0 Å². The van der Waals surface area contributed by atoms with E-state index in [1.807, 2.05) is 13.0 Å². The number of hydrogen-bond donors (Lipinski definition) is 3. The van der Waals surface area contributed by atoms with Crippen molar-refractivity contribution in [2.75, 3.05) is 10.7 Å². The number of hydrogen-bond acceptors (Lipinski definition) is 5. The first-order chi connectivity index (χ1) is 6.61. The first-order valence-electron chi connectivity index (χ1n) is 4.72. The van der Waals surface area contributed by atoms with Gasteiger partial charge in [-0.1, -0.05) is 0 Å². The molecule has 0 amide bonds. The van der Waals surface area contributed by atoms with Crippen molar-refractivity contribution in [1.29, 1.82) is 0 Å². The largest absolute Gasteiger partial charge is 0.365 e. The van der Waals surface area contributed by atoms with Crippen LogP contribution in [-0.2, 0) is 0 Å². The second kappa shape index (κ2) is 3.09. The maximum absolute atomic E-state index is 5.30. The minimum Gasteiger partial charge on any atom is -0.365 e. The highest BCUT2D eigenvalue weighted by atomic mass is 15.3. The number of rotatable bonds is 3. The lowest BCUT2D eigenvalue weighted by Gasteiger charge is -2.13. The third-order valence-corrected chi connectivity index (χ3v) is 2.42. The molecule has 1 heterocycles. The summed E-state index contributed by atoms with van der Waals surface area (Å²) in [5.74, 6) is 7.50. The Labute approximate surface area is 83.1 Å². The molecule has 0 unspecified atom stereocenters. The van der Waals surface area contributed by atoms with Crippen LogP contribution in [-0.4, -0.2) is 15.5 Å². The van der Waals surface area contributed by atoms with Crippen molar-refractivity contribution in [3.8, 4) is 0 Å². The van der Waals surface area contributed by atoms with E-state index in [-0.39, 0.29) is 5.54 Å². The van der Waals surface area contributed by atoms with Crippen molar-refractivity contribution in [2.45, 2.75) is 32.2 Å². The summed E-state index contributed by atoms with van der Waals surface area (Å²) in [4.78, 5) is 8.40. The van der Waals surface area contributed by atoms with Crippen LogP contribution in [0.1, 0.15) is 25.6 Å². The van der Waals surface area contributed by atoms with Crippen LogP contribution in [0.2, 0.25) is 0 Å². The molecule has 14 heavy (non-hydrogen) atoms. The Bertz CT molecular complexity index is 345. The number of nitrogens with zero attached hydrogens (tertiary/aromatic N) is 2. The first-order valence-corrected chi connectivity index (χ1v) is 4.72. The Morgan fingerprint density at radius 1 is 1.36 bits per heavy atom. The van der Waals surface area contributed by atoms with Gasteiger partial charge in [-0.2, -0.15) is 0 Å². The molecule has 1 aromatic rings. The Kier molecular flexibility index (Phi) is 2.03. The van der Waals surface area contributed by atoms with E-state index in [4.69, 9.17) is 5.84 Å². The molecule has 4 N–H and O–H groups in total. The van der Waals surface area contributed by atoms with Crippen LogP contribution >= 0.6 is 0 Å². The normalized spacial score (nSPS) is 17.6. The average molecular weight is 193 g/mol. The molecule has 0 atom stereocenters. The van der Waals surface area contributed by atoms with Gasteiger partial charge in [0.15, 0.2) is 0 Å². The van der Waals surface area contributed by atoms with Crippen LogP contribution in [0.25, 0.3) is 0 Å². The van der Waals surface area contributed by atoms with Gasteiger partial charge in [0.25, 0.3) is 0 Å². The van der Waals surface area contributed by atoms with Gasteiger partial charge in [-0.25, -0.2) is 15.8 Å². The smallest absolute Gasteiger partial charge is 0.145 e. The Hall–Kier alpha value is -1.36. The number of nitrogens with two attached hydrogens (primary N) is 1. The van der Waals surface area contributed by atoms with Crippen LogP contribution in [0.5, 0.6) is 0 Å². The summed E-state index contributed by atoms with van der Waals surface area (Å²) in [6, 6.07) is 1.82. The molecule has 0 bridgehead atoms. The molecule has 1 aliphatic rings. The summed E-state index contributed by atoms with van der Waals surface area (Å²) in [6.07, 6.45) is 2.39. The Morgan fingerprint density at radius 3 is 2.57 bits per heavy atom. The third kappa shape index (κ3) is 1.93. The fourth-order valence-electron chi connectivity index (χ4n) is 1.33. The van der Waals surface area contributed by atoms with Gasteiger partial charge in [0.05, 0.1) is 0 Å². The van der Waals surface area contributed by atoms with Crippen LogP contribution in [0, 0.1) is 6.92 Å². The first kappa shape index (κ1) is 9.21. The van der Waals surface area contributed by atoms with Crippen LogP contribution in [0.15, 0.2) is 6.07 Å². The van der Waals surface area contributed by atoms with Gasteiger partial charge in [-0.05, 0) is 26.7 Å². The Balaban J connectivity index is 2.20. The van der Waals surface area contributed by atoms with E-state index >= 15 is 0 Å². The van der Waals surface area contributed by atoms with E-state index in [1.165, 1.54) is 12.8 Å². The molecule has 5 heteroatoms. The van der Waals surface area contributed by atoms with E-state index in [0.717, 1.165) is 5.82 Å². The van der Waals surface area contributed by atoms with E-state index in [2.05, 4.69) is 27.6 Å². The molecular formula is C9H15N5.